The van der Waals surface area contributed by atoms with Crippen LogP contribution < -0.4 is 10.6 Å². The molecule has 6 rings (SSSR count). The molecule has 3 aromatic rings. The number of amidine groups is 1. The minimum absolute atomic E-state index is 0.681. The highest BCUT2D eigenvalue weighted by Crippen LogP contribution is 2.39. The molecule has 4 nitrogen and oxygen atoms in total. The average Bonchev–Trinajstić information content (AvgIpc) is 2.67. The Kier molecular flexibility index (Phi) is 2.32. The van der Waals surface area contributed by atoms with E-state index >= 15 is 0 Å². The van der Waals surface area contributed by atoms with Crippen molar-refractivity contribution < 1.29 is 0 Å². The first-order valence-electron chi connectivity index (χ1n) is 8.24. The van der Waals surface area contributed by atoms with Crippen molar-refractivity contribution in [2.45, 2.75) is 0 Å². The van der Waals surface area contributed by atoms with Gasteiger partial charge in [0.2, 0.25) is 5.96 Å². The van der Waals surface area contributed by atoms with Gasteiger partial charge in [-0.15, -0.1) is 0 Å². The number of hydrogen-bond acceptors (Lipinski definition) is 4. The molecule has 0 fully saturated rings. The number of para-hydroxylation sites is 3. The lowest BCUT2D eigenvalue weighted by atomic mass is 9.99. The molecule has 0 aromatic heterocycles. The van der Waals surface area contributed by atoms with Crippen LogP contribution in [0.15, 0.2) is 87.8 Å². The Balaban J connectivity index is 1.85. The summed E-state index contributed by atoms with van der Waals surface area (Å²) in [6.07, 6.45) is 0. The fraction of sp³-hybridized carbons (Fsp3) is 0. The van der Waals surface area contributed by atoms with E-state index in [1.54, 1.807) is 0 Å². The summed E-state index contributed by atoms with van der Waals surface area (Å²) in [6, 6.07) is 24.6. The van der Waals surface area contributed by atoms with E-state index < -0.39 is 0 Å². The Morgan fingerprint density at radius 1 is 0.600 bits per heavy atom. The summed E-state index contributed by atoms with van der Waals surface area (Å²) in [6.45, 7) is 0. The van der Waals surface area contributed by atoms with Crippen LogP contribution in [0, 0.1) is 0 Å². The fourth-order valence-corrected chi connectivity index (χ4v) is 3.67. The molecule has 0 N–H and O–H groups in total. The van der Waals surface area contributed by atoms with Crippen LogP contribution in [-0.2, 0) is 0 Å². The number of aliphatic imine (C=N–C) groups is 2. The van der Waals surface area contributed by atoms with Gasteiger partial charge in [0.25, 0.3) is 0 Å². The monoisotopic (exact) mass is 320 g/mol. The van der Waals surface area contributed by atoms with Crippen LogP contribution in [0.5, 0.6) is 0 Å². The second kappa shape index (κ2) is 4.51. The lowest BCUT2D eigenvalue weighted by Crippen LogP contribution is -2.49. The highest BCUT2D eigenvalue weighted by atomic mass is 15.3. The van der Waals surface area contributed by atoms with Crippen molar-refractivity contribution >= 4 is 28.9 Å². The third kappa shape index (κ3) is 1.63. The van der Waals surface area contributed by atoms with Crippen molar-refractivity contribution in [1.82, 2.24) is 4.90 Å². The summed E-state index contributed by atoms with van der Waals surface area (Å²) < 4.78 is 0. The van der Waals surface area contributed by atoms with Gasteiger partial charge in [-0.1, -0.05) is 48.5 Å². The molecule has 3 aliphatic heterocycles. The van der Waals surface area contributed by atoms with Gasteiger partial charge in [-0.3, -0.25) is 4.90 Å². The quantitative estimate of drug-likeness (QED) is 0.628. The van der Waals surface area contributed by atoms with Crippen molar-refractivity contribution in [3.63, 3.8) is 0 Å². The van der Waals surface area contributed by atoms with E-state index in [9.17, 15) is 0 Å². The number of guanidine groups is 1. The first-order valence-corrected chi connectivity index (χ1v) is 8.24. The SMILES string of the molecule is c1ccc2c(c1)N=C1N=c3ccccc3=C3c4ccccc4N=C2N13. The Bertz CT molecular complexity index is 1250. The van der Waals surface area contributed by atoms with E-state index in [4.69, 9.17) is 15.0 Å². The van der Waals surface area contributed by atoms with Gasteiger partial charge in [-0.25, -0.2) is 15.0 Å². The topological polar surface area (TPSA) is 40.3 Å². The molecule has 0 bridgehead atoms. The molecular formula is C21H12N4. The largest absolute Gasteiger partial charge is 0.261 e. The van der Waals surface area contributed by atoms with Crippen molar-refractivity contribution in [3.05, 3.63) is 94.5 Å². The molecule has 0 atom stereocenters. The summed E-state index contributed by atoms with van der Waals surface area (Å²) in [5, 5.41) is 2.06. The van der Waals surface area contributed by atoms with Crippen LogP contribution in [0.25, 0.3) is 5.70 Å². The van der Waals surface area contributed by atoms with Gasteiger partial charge in [-0.2, -0.15) is 0 Å². The van der Waals surface area contributed by atoms with Crippen molar-refractivity contribution in [3.8, 4) is 0 Å². The van der Waals surface area contributed by atoms with Crippen LogP contribution in [0.2, 0.25) is 0 Å². The van der Waals surface area contributed by atoms with Gasteiger partial charge >= 0.3 is 0 Å². The normalized spacial score (nSPS) is 15.8. The molecule has 3 aromatic carbocycles. The van der Waals surface area contributed by atoms with E-state index in [2.05, 4.69) is 41.3 Å². The van der Waals surface area contributed by atoms with Gasteiger partial charge in [0.1, 0.15) is 5.84 Å². The third-order valence-electron chi connectivity index (χ3n) is 4.77. The summed E-state index contributed by atoms with van der Waals surface area (Å²) in [5.41, 5.74) is 5.15. The van der Waals surface area contributed by atoms with E-state index in [1.165, 1.54) is 0 Å². The molecule has 25 heavy (non-hydrogen) atoms. The van der Waals surface area contributed by atoms with Gasteiger partial charge in [0.05, 0.1) is 22.4 Å². The molecule has 4 heteroatoms. The van der Waals surface area contributed by atoms with Crippen molar-refractivity contribution in [1.29, 1.82) is 0 Å². The van der Waals surface area contributed by atoms with Gasteiger partial charge < -0.3 is 0 Å². The zero-order valence-electron chi connectivity index (χ0n) is 13.2. The predicted molar refractivity (Wildman–Crippen MR) is 97.7 cm³/mol. The second-order valence-corrected chi connectivity index (χ2v) is 6.19. The number of rotatable bonds is 0. The molecule has 0 aliphatic carbocycles. The highest BCUT2D eigenvalue weighted by Gasteiger charge is 2.35. The minimum Gasteiger partial charge on any atom is -0.261 e. The molecular weight excluding hydrogens is 308 g/mol. The van der Waals surface area contributed by atoms with Crippen LogP contribution in [0.1, 0.15) is 11.1 Å². The average molecular weight is 320 g/mol. The zero-order valence-corrected chi connectivity index (χ0v) is 13.2. The van der Waals surface area contributed by atoms with Crippen LogP contribution in [-0.4, -0.2) is 16.7 Å². The molecule has 3 aliphatic rings. The number of hydrogen-bond donors (Lipinski definition) is 0. The van der Waals surface area contributed by atoms with Crippen molar-refractivity contribution in [2.24, 2.45) is 15.0 Å². The van der Waals surface area contributed by atoms with Crippen LogP contribution in [0.3, 0.4) is 0 Å². The van der Waals surface area contributed by atoms with Crippen molar-refractivity contribution in [2.75, 3.05) is 0 Å². The smallest absolute Gasteiger partial charge is 0.237 e. The lowest BCUT2D eigenvalue weighted by molar-refractivity contribution is 0.797. The van der Waals surface area contributed by atoms with Gasteiger partial charge in [0.15, 0.2) is 0 Å². The maximum Gasteiger partial charge on any atom is 0.237 e. The number of benzene rings is 3. The third-order valence-corrected chi connectivity index (χ3v) is 4.77. The Hall–Kier alpha value is -3.53. The second-order valence-electron chi connectivity index (χ2n) is 6.19. The summed E-state index contributed by atoms with van der Waals surface area (Å²) in [5.74, 6) is 1.58. The molecule has 0 unspecified atom stereocenters. The van der Waals surface area contributed by atoms with E-state index in [0.29, 0.717) is 5.96 Å². The number of fused-ring (bicyclic) bond motifs is 5. The predicted octanol–water partition coefficient (Wildman–Crippen LogP) is 2.87. The minimum atomic E-state index is 0.681. The van der Waals surface area contributed by atoms with Gasteiger partial charge in [0, 0.05) is 16.3 Å². The molecule has 3 heterocycles. The highest BCUT2D eigenvalue weighted by molar-refractivity contribution is 6.22. The maximum atomic E-state index is 4.95. The lowest BCUT2D eigenvalue weighted by Gasteiger charge is -2.36. The summed E-state index contributed by atoms with van der Waals surface area (Å²) in [7, 11) is 0. The molecule has 0 spiro atoms. The van der Waals surface area contributed by atoms with Crippen LogP contribution in [0.4, 0.5) is 11.4 Å². The Morgan fingerprint density at radius 3 is 2.16 bits per heavy atom. The summed E-state index contributed by atoms with van der Waals surface area (Å²) >= 11 is 0. The molecule has 116 valence electrons. The first kappa shape index (κ1) is 12.8. The summed E-state index contributed by atoms with van der Waals surface area (Å²) in [4.78, 5) is 16.6. The standard InChI is InChI=1S/C21H12N4/c1-4-10-16-13(7-1)19-14-8-2-5-11-17(14)23-21-24-18-12-6-3-9-15(18)20(22-16)25(19)21/h1-12H. The molecule has 0 amide bonds. The molecule has 0 radical (unpaired) electrons. The maximum absolute atomic E-state index is 4.95. The first-order chi connectivity index (χ1) is 12.4. The van der Waals surface area contributed by atoms with Crippen LogP contribution >= 0.6 is 0 Å². The van der Waals surface area contributed by atoms with Gasteiger partial charge in [-0.05, 0) is 24.3 Å². The van der Waals surface area contributed by atoms with E-state index in [0.717, 1.165) is 44.6 Å². The zero-order chi connectivity index (χ0) is 16.4. The molecule has 0 saturated heterocycles. The fourth-order valence-electron chi connectivity index (χ4n) is 3.67. The number of nitrogens with zero attached hydrogens (tertiary/aromatic N) is 4. The Morgan fingerprint density at radius 2 is 1.28 bits per heavy atom. The Labute approximate surface area is 143 Å². The van der Waals surface area contributed by atoms with E-state index in [1.807, 2.05) is 36.4 Å². The molecule has 0 saturated carbocycles. The van der Waals surface area contributed by atoms with E-state index in [-0.39, 0.29) is 0 Å².